The molecule has 122 valence electrons. The van der Waals surface area contributed by atoms with Crippen LogP contribution in [0, 0.1) is 11.8 Å². The quantitative estimate of drug-likeness (QED) is 0.460. The molecule has 1 amide bonds. The van der Waals surface area contributed by atoms with Crippen LogP contribution in [0.1, 0.15) is 33.3 Å². The number of hydrogen-bond donors (Lipinski definition) is 0. The van der Waals surface area contributed by atoms with Crippen LogP contribution in [0.25, 0.3) is 0 Å². The number of rotatable bonds is 7. The summed E-state index contributed by atoms with van der Waals surface area (Å²) in [5, 5.41) is 0.712. The number of hydrogen-bond acceptors (Lipinski definition) is 1. The number of alkyl halides is 1. The second-order valence-electron chi connectivity index (χ2n) is 6.29. The molecule has 0 bridgehead atoms. The van der Waals surface area contributed by atoms with Crippen molar-refractivity contribution in [3.8, 4) is 0 Å². The molecular weight excluding hydrogens is 362 g/mol. The summed E-state index contributed by atoms with van der Waals surface area (Å²) in [6, 6.07) is 7.65. The molecule has 1 rings (SSSR count). The predicted octanol–water partition coefficient (Wildman–Crippen LogP) is 5.30. The van der Waals surface area contributed by atoms with Crippen LogP contribution in [0.4, 0.5) is 0 Å². The molecule has 0 saturated heterocycles. The third-order valence-corrected chi connectivity index (χ3v) is 4.86. The van der Waals surface area contributed by atoms with E-state index in [1.54, 1.807) is 6.08 Å². The average Bonchev–Trinajstić information content (AvgIpc) is 2.45. The second kappa shape index (κ2) is 9.36. The molecule has 0 spiro atoms. The molecule has 1 atom stereocenters. The summed E-state index contributed by atoms with van der Waals surface area (Å²) in [5.41, 5.74) is 1.09. The van der Waals surface area contributed by atoms with Crippen LogP contribution < -0.4 is 0 Å². The summed E-state index contributed by atoms with van der Waals surface area (Å²) < 4.78 is 0. The zero-order chi connectivity index (χ0) is 16.7. The van der Waals surface area contributed by atoms with Crippen LogP contribution in [0.15, 0.2) is 36.4 Å². The van der Waals surface area contributed by atoms with Crippen molar-refractivity contribution in [3.05, 3.63) is 47.0 Å². The number of allylic oxidation sites excluding steroid dienone is 1. The minimum Gasteiger partial charge on any atom is -0.335 e. The molecule has 0 saturated carbocycles. The van der Waals surface area contributed by atoms with Gasteiger partial charge < -0.3 is 4.90 Å². The van der Waals surface area contributed by atoms with E-state index in [0.717, 1.165) is 12.1 Å². The fourth-order valence-corrected chi connectivity index (χ4v) is 2.26. The Labute approximate surface area is 147 Å². The minimum atomic E-state index is 0.0498. The Kier molecular flexibility index (Phi) is 8.19. The van der Waals surface area contributed by atoms with E-state index in [2.05, 4.69) is 43.6 Å². The van der Waals surface area contributed by atoms with Gasteiger partial charge in [-0.25, -0.2) is 0 Å². The number of carbonyl (C=O) groups is 1. The zero-order valence-electron chi connectivity index (χ0n) is 13.7. The molecule has 0 radical (unpaired) electrons. The second-order valence-corrected chi connectivity index (χ2v) is 7.78. The van der Waals surface area contributed by atoms with Crippen LogP contribution in [0.3, 0.4) is 0 Å². The van der Waals surface area contributed by atoms with Gasteiger partial charge in [0.05, 0.1) is 0 Å². The zero-order valence-corrected chi connectivity index (χ0v) is 16.1. The molecule has 0 heterocycles. The van der Waals surface area contributed by atoms with Crippen molar-refractivity contribution < 1.29 is 4.79 Å². The predicted molar refractivity (Wildman–Crippen MR) is 98.4 cm³/mol. The van der Waals surface area contributed by atoms with Gasteiger partial charge in [-0.1, -0.05) is 73.4 Å². The Morgan fingerprint density at radius 1 is 1.23 bits per heavy atom. The summed E-state index contributed by atoms with van der Waals surface area (Å²) in [4.78, 5) is 14.6. The number of halogens is 2. The Morgan fingerprint density at radius 3 is 2.32 bits per heavy atom. The smallest absolute Gasteiger partial charge is 0.246 e. The molecule has 0 N–H and O–H groups in total. The van der Waals surface area contributed by atoms with Gasteiger partial charge in [0.2, 0.25) is 5.91 Å². The van der Waals surface area contributed by atoms with Crippen molar-refractivity contribution in [2.75, 3.05) is 6.54 Å². The van der Waals surface area contributed by atoms with Gasteiger partial charge in [0, 0.05) is 29.0 Å². The van der Waals surface area contributed by atoms with Crippen molar-refractivity contribution in [2.45, 2.75) is 39.1 Å². The maximum absolute atomic E-state index is 12.5. The standard InChI is InChI=1S/C18H25BrClNO/c1-13(2)11-21(12-15-5-7-16(20)8-6-15)18(22)10-9-17(19)14(3)4/h5-10,13-14,17H,11-12H2,1-4H3/b10-9+. The molecule has 1 aromatic carbocycles. The van der Waals surface area contributed by atoms with Crippen LogP contribution in [0.2, 0.25) is 5.02 Å². The van der Waals surface area contributed by atoms with Crippen molar-refractivity contribution in [2.24, 2.45) is 11.8 Å². The molecule has 0 aromatic heterocycles. The van der Waals surface area contributed by atoms with Crippen molar-refractivity contribution >= 4 is 33.4 Å². The summed E-state index contributed by atoms with van der Waals surface area (Å²) >= 11 is 9.49. The Hall–Kier alpha value is -0.800. The number of benzene rings is 1. The minimum absolute atomic E-state index is 0.0498. The van der Waals surface area contributed by atoms with Gasteiger partial charge in [-0.15, -0.1) is 0 Å². The van der Waals surface area contributed by atoms with Gasteiger partial charge >= 0.3 is 0 Å². The Morgan fingerprint density at radius 2 is 1.82 bits per heavy atom. The highest BCUT2D eigenvalue weighted by Crippen LogP contribution is 2.15. The SMILES string of the molecule is CC(C)CN(Cc1ccc(Cl)cc1)C(=O)/C=C/C(Br)C(C)C. The van der Waals surface area contributed by atoms with E-state index in [9.17, 15) is 4.79 Å². The monoisotopic (exact) mass is 385 g/mol. The van der Waals surface area contributed by atoms with E-state index in [0.29, 0.717) is 23.4 Å². The fourth-order valence-electron chi connectivity index (χ4n) is 1.99. The van der Waals surface area contributed by atoms with E-state index in [-0.39, 0.29) is 10.7 Å². The first-order valence-electron chi connectivity index (χ1n) is 7.65. The number of nitrogens with zero attached hydrogens (tertiary/aromatic N) is 1. The highest BCUT2D eigenvalue weighted by atomic mass is 79.9. The normalized spacial score (nSPS) is 13.1. The first kappa shape index (κ1) is 19.2. The summed E-state index contributed by atoms with van der Waals surface area (Å²) in [7, 11) is 0. The lowest BCUT2D eigenvalue weighted by atomic mass is 10.1. The fraction of sp³-hybridized carbons (Fsp3) is 0.500. The molecule has 1 unspecified atom stereocenters. The first-order valence-corrected chi connectivity index (χ1v) is 8.94. The molecule has 0 aliphatic rings. The van der Waals surface area contributed by atoms with E-state index < -0.39 is 0 Å². The first-order chi connectivity index (χ1) is 10.3. The summed E-state index contributed by atoms with van der Waals surface area (Å²) in [6.45, 7) is 9.82. The van der Waals surface area contributed by atoms with Crippen molar-refractivity contribution in [3.63, 3.8) is 0 Å². The van der Waals surface area contributed by atoms with Crippen molar-refractivity contribution in [1.29, 1.82) is 0 Å². The highest BCUT2D eigenvalue weighted by molar-refractivity contribution is 9.09. The van der Waals surface area contributed by atoms with Gasteiger partial charge in [-0.05, 0) is 29.5 Å². The average molecular weight is 387 g/mol. The molecule has 22 heavy (non-hydrogen) atoms. The lowest BCUT2D eigenvalue weighted by Gasteiger charge is -2.23. The van der Waals surface area contributed by atoms with Crippen LogP contribution >= 0.6 is 27.5 Å². The van der Waals surface area contributed by atoms with E-state index >= 15 is 0 Å². The molecule has 4 heteroatoms. The van der Waals surface area contributed by atoms with Crippen LogP contribution in [0.5, 0.6) is 0 Å². The largest absolute Gasteiger partial charge is 0.335 e. The van der Waals surface area contributed by atoms with Crippen molar-refractivity contribution in [1.82, 2.24) is 4.90 Å². The van der Waals surface area contributed by atoms with Gasteiger partial charge in [-0.3, -0.25) is 4.79 Å². The molecule has 0 fully saturated rings. The number of amides is 1. The molecule has 2 nitrogen and oxygen atoms in total. The van der Waals surface area contributed by atoms with Crippen LogP contribution in [-0.2, 0) is 11.3 Å². The summed E-state index contributed by atoms with van der Waals surface area (Å²) in [6.07, 6.45) is 3.61. The third kappa shape index (κ3) is 6.97. The van der Waals surface area contributed by atoms with E-state index in [1.165, 1.54) is 0 Å². The third-order valence-electron chi connectivity index (χ3n) is 3.24. The van der Waals surface area contributed by atoms with Gasteiger partial charge in [0.1, 0.15) is 0 Å². The molecule has 0 aliphatic heterocycles. The van der Waals surface area contributed by atoms with E-state index in [1.807, 2.05) is 35.2 Å². The highest BCUT2D eigenvalue weighted by Gasteiger charge is 2.14. The Bertz CT molecular complexity index is 496. The number of carbonyl (C=O) groups excluding carboxylic acids is 1. The lowest BCUT2D eigenvalue weighted by molar-refractivity contribution is -0.127. The molecular formula is C18H25BrClNO. The van der Waals surface area contributed by atoms with Crippen LogP contribution in [-0.4, -0.2) is 22.2 Å². The summed E-state index contributed by atoms with van der Waals surface area (Å²) in [5.74, 6) is 0.933. The van der Waals surface area contributed by atoms with Gasteiger partial charge in [0.15, 0.2) is 0 Å². The Balaban J connectivity index is 2.78. The van der Waals surface area contributed by atoms with Gasteiger partial charge in [0.25, 0.3) is 0 Å². The molecule has 1 aromatic rings. The van der Waals surface area contributed by atoms with E-state index in [4.69, 9.17) is 11.6 Å². The maximum atomic E-state index is 12.5. The van der Waals surface area contributed by atoms with Gasteiger partial charge in [-0.2, -0.15) is 0 Å². The topological polar surface area (TPSA) is 20.3 Å². The molecule has 0 aliphatic carbocycles. The maximum Gasteiger partial charge on any atom is 0.246 e. The lowest BCUT2D eigenvalue weighted by Crippen LogP contribution is -2.32.